The normalized spacial score (nSPS) is 20.1. The van der Waals surface area contributed by atoms with E-state index >= 15 is 0 Å². The molecule has 0 bridgehead atoms. The van der Waals surface area contributed by atoms with E-state index in [0.717, 1.165) is 12.1 Å². The van der Waals surface area contributed by atoms with Crippen LogP contribution in [0.4, 0.5) is 14.9 Å². The number of halogens is 1. The first kappa shape index (κ1) is 19.9. The highest BCUT2D eigenvalue weighted by Crippen LogP contribution is 2.28. The molecule has 1 saturated heterocycles. The molecule has 1 heterocycles. The smallest absolute Gasteiger partial charge is 0.410 e. The minimum atomic E-state index is -0.749. The van der Waals surface area contributed by atoms with Crippen molar-refractivity contribution < 1.29 is 23.6 Å². The number of likely N-dealkylation sites (N-methyl/N-ethyl adjacent to an activating group) is 1. The van der Waals surface area contributed by atoms with E-state index in [2.05, 4.69) is 5.32 Å². The second-order valence-electron chi connectivity index (χ2n) is 7.15. The maximum absolute atomic E-state index is 13.6. The highest BCUT2D eigenvalue weighted by atomic mass is 19.1. The Morgan fingerprint density at radius 3 is 2.69 bits per heavy atom. The number of carbonyl (C=O) groups is 1. The maximum atomic E-state index is 13.6. The third-order valence-electron chi connectivity index (χ3n) is 3.88. The fraction of sp³-hybridized carbons (Fsp3) is 0.588. The standard InChI is InChI=1S/C17H24FN3O5/c1-17(2,3)26-16(22)20-6-5-15(14(20)10-19-4)25-13-8-11(18)7-12(9-13)21(23)24/h7-9,14-15,19H,5-6,10H2,1-4H3. The van der Waals surface area contributed by atoms with Crippen molar-refractivity contribution >= 4 is 11.8 Å². The van der Waals surface area contributed by atoms with E-state index in [1.807, 2.05) is 0 Å². The number of hydrogen-bond donors (Lipinski definition) is 1. The number of nitro groups is 1. The predicted molar refractivity (Wildman–Crippen MR) is 92.7 cm³/mol. The van der Waals surface area contributed by atoms with Crippen LogP contribution in [0.1, 0.15) is 27.2 Å². The summed E-state index contributed by atoms with van der Waals surface area (Å²) in [6, 6.07) is 2.77. The molecule has 8 nitrogen and oxygen atoms in total. The van der Waals surface area contributed by atoms with Gasteiger partial charge in [-0.15, -0.1) is 0 Å². The third-order valence-corrected chi connectivity index (χ3v) is 3.88. The first-order chi connectivity index (χ1) is 12.1. The minimum Gasteiger partial charge on any atom is -0.488 e. The summed E-state index contributed by atoms with van der Waals surface area (Å²) in [5, 5.41) is 13.9. The summed E-state index contributed by atoms with van der Waals surface area (Å²) >= 11 is 0. The zero-order valence-corrected chi connectivity index (χ0v) is 15.3. The molecule has 1 fully saturated rings. The lowest BCUT2D eigenvalue weighted by Crippen LogP contribution is -2.48. The summed E-state index contributed by atoms with van der Waals surface area (Å²) in [7, 11) is 1.75. The van der Waals surface area contributed by atoms with Crippen LogP contribution in [0.15, 0.2) is 18.2 Å². The zero-order chi connectivity index (χ0) is 19.5. The molecule has 0 spiro atoms. The molecule has 1 aromatic rings. The second kappa shape index (κ2) is 7.86. The molecule has 1 N–H and O–H groups in total. The summed E-state index contributed by atoms with van der Waals surface area (Å²) in [5.74, 6) is -0.685. The van der Waals surface area contributed by atoms with Crippen molar-refractivity contribution in [3.63, 3.8) is 0 Å². The van der Waals surface area contributed by atoms with Gasteiger partial charge in [-0.05, 0) is 27.8 Å². The molecule has 0 aliphatic carbocycles. The van der Waals surface area contributed by atoms with Crippen LogP contribution in [0.5, 0.6) is 5.75 Å². The molecule has 1 aliphatic heterocycles. The van der Waals surface area contributed by atoms with Gasteiger partial charge >= 0.3 is 6.09 Å². The first-order valence-corrected chi connectivity index (χ1v) is 8.36. The molecule has 0 radical (unpaired) electrons. The molecule has 26 heavy (non-hydrogen) atoms. The van der Waals surface area contributed by atoms with Crippen molar-refractivity contribution in [2.24, 2.45) is 0 Å². The number of ether oxygens (including phenoxy) is 2. The van der Waals surface area contributed by atoms with Gasteiger partial charge in [0, 0.05) is 25.6 Å². The Balaban J connectivity index is 2.16. The molecule has 1 aliphatic rings. The second-order valence-corrected chi connectivity index (χ2v) is 7.15. The molecule has 144 valence electrons. The summed E-state index contributed by atoms with van der Waals surface area (Å²) in [6.45, 7) is 6.22. The average Bonchev–Trinajstić information content (AvgIpc) is 2.88. The van der Waals surface area contributed by atoms with Crippen molar-refractivity contribution in [3.05, 3.63) is 34.1 Å². The summed E-state index contributed by atoms with van der Waals surface area (Å²) < 4.78 is 24.8. The molecule has 9 heteroatoms. The van der Waals surface area contributed by atoms with Crippen LogP contribution in [0, 0.1) is 15.9 Å². The number of rotatable bonds is 5. The van der Waals surface area contributed by atoms with Crippen molar-refractivity contribution in [2.75, 3.05) is 20.1 Å². The Bertz CT molecular complexity index is 677. The van der Waals surface area contributed by atoms with E-state index in [0.29, 0.717) is 19.5 Å². The Kier molecular flexibility index (Phi) is 6.01. The van der Waals surface area contributed by atoms with E-state index in [1.165, 1.54) is 6.07 Å². The summed E-state index contributed by atoms with van der Waals surface area (Å²) in [6.07, 6.45) is -0.374. The number of nitro benzene ring substituents is 1. The van der Waals surface area contributed by atoms with Crippen molar-refractivity contribution in [1.29, 1.82) is 0 Å². The van der Waals surface area contributed by atoms with Gasteiger partial charge in [0.2, 0.25) is 0 Å². The van der Waals surface area contributed by atoms with E-state index < -0.39 is 28.5 Å². The van der Waals surface area contributed by atoms with Gasteiger partial charge in [-0.1, -0.05) is 0 Å². The Labute approximate surface area is 151 Å². The number of likely N-dealkylation sites (tertiary alicyclic amines) is 1. The largest absolute Gasteiger partial charge is 0.488 e. The molecule has 2 atom stereocenters. The highest BCUT2D eigenvalue weighted by molar-refractivity contribution is 5.69. The van der Waals surface area contributed by atoms with Crippen molar-refractivity contribution in [3.8, 4) is 5.75 Å². The lowest BCUT2D eigenvalue weighted by Gasteiger charge is -2.30. The lowest BCUT2D eigenvalue weighted by atomic mass is 10.1. The topological polar surface area (TPSA) is 93.9 Å². The van der Waals surface area contributed by atoms with Gasteiger partial charge in [0.15, 0.2) is 0 Å². The fourth-order valence-corrected chi connectivity index (χ4v) is 2.86. The molecule has 1 aromatic carbocycles. The highest BCUT2D eigenvalue weighted by Gasteiger charge is 2.40. The van der Waals surface area contributed by atoms with E-state index in [4.69, 9.17) is 9.47 Å². The van der Waals surface area contributed by atoms with E-state index in [-0.39, 0.29) is 17.5 Å². The summed E-state index contributed by atoms with van der Waals surface area (Å²) in [4.78, 5) is 24.2. The van der Waals surface area contributed by atoms with Crippen LogP contribution >= 0.6 is 0 Å². The number of nitrogens with one attached hydrogen (secondary N) is 1. The maximum Gasteiger partial charge on any atom is 0.410 e. The average molecular weight is 369 g/mol. The first-order valence-electron chi connectivity index (χ1n) is 8.36. The third kappa shape index (κ3) is 5.04. The number of non-ortho nitro benzene ring substituents is 1. The van der Waals surface area contributed by atoms with Gasteiger partial charge in [0.25, 0.3) is 5.69 Å². The molecular weight excluding hydrogens is 345 g/mol. The zero-order valence-electron chi connectivity index (χ0n) is 15.3. The molecular formula is C17H24FN3O5. The molecule has 0 aromatic heterocycles. The van der Waals surface area contributed by atoms with Crippen LogP contribution in [0.2, 0.25) is 0 Å². The van der Waals surface area contributed by atoms with Gasteiger partial charge in [0.1, 0.15) is 23.3 Å². The quantitative estimate of drug-likeness (QED) is 0.633. The number of benzene rings is 1. The van der Waals surface area contributed by atoms with E-state index in [9.17, 15) is 19.3 Å². The molecule has 0 saturated carbocycles. The Hall–Kier alpha value is -2.42. The predicted octanol–water partition coefficient (Wildman–Crippen LogP) is 2.71. The lowest BCUT2D eigenvalue weighted by molar-refractivity contribution is -0.385. The summed E-state index contributed by atoms with van der Waals surface area (Å²) in [5.41, 5.74) is -1.00. The van der Waals surface area contributed by atoms with Crippen LogP contribution in [0.25, 0.3) is 0 Å². The van der Waals surface area contributed by atoms with Crippen LogP contribution in [-0.2, 0) is 4.74 Å². The van der Waals surface area contributed by atoms with Gasteiger partial charge in [-0.3, -0.25) is 10.1 Å². The minimum absolute atomic E-state index is 0.0637. The number of amides is 1. The number of hydrogen-bond acceptors (Lipinski definition) is 6. The molecule has 1 amide bonds. The van der Waals surface area contributed by atoms with Crippen LogP contribution in [-0.4, -0.2) is 53.8 Å². The van der Waals surface area contributed by atoms with Crippen molar-refractivity contribution in [1.82, 2.24) is 10.2 Å². The van der Waals surface area contributed by atoms with Crippen LogP contribution < -0.4 is 10.1 Å². The Morgan fingerprint density at radius 2 is 2.12 bits per heavy atom. The number of carbonyl (C=O) groups excluding carboxylic acids is 1. The van der Waals surface area contributed by atoms with Gasteiger partial charge in [-0.25, -0.2) is 9.18 Å². The van der Waals surface area contributed by atoms with E-state index in [1.54, 1.807) is 32.7 Å². The van der Waals surface area contributed by atoms with Gasteiger partial charge in [-0.2, -0.15) is 0 Å². The SMILES string of the molecule is CNCC1C(Oc2cc(F)cc([N+](=O)[O-])c2)CCN1C(=O)OC(C)(C)C. The molecule has 2 rings (SSSR count). The van der Waals surface area contributed by atoms with Gasteiger partial charge < -0.3 is 19.7 Å². The van der Waals surface area contributed by atoms with Gasteiger partial charge in [0.05, 0.1) is 23.1 Å². The molecule has 2 unspecified atom stereocenters. The van der Waals surface area contributed by atoms with Crippen molar-refractivity contribution in [2.45, 2.75) is 44.9 Å². The van der Waals surface area contributed by atoms with Crippen LogP contribution in [0.3, 0.4) is 0 Å². The number of nitrogens with zero attached hydrogens (tertiary/aromatic N) is 2. The fourth-order valence-electron chi connectivity index (χ4n) is 2.86. The monoisotopic (exact) mass is 369 g/mol. The Morgan fingerprint density at radius 1 is 1.42 bits per heavy atom.